The maximum absolute atomic E-state index is 12.9. The first-order valence-electron chi connectivity index (χ1n) is 6.42. The Morgan fingerprint density at radius 2 is 1.91 bits per heavy atom. The molecular formula is C15H14F3NO3. The molecule has 22 heavy (non-hydrogen) atoms. The fraction of sp³-hybridized carbons (Fsp3) is 0.267. The molecule has 0 saturated heterocycles. The van der Waals surface area contributed by atoms with Gasteiger partial charge >= 0.3 is 6.18 Å². The fourth-order valence-electron chi connectivity index (χ4n) is 1.95. The van der Waals surface area contributed by atoms with Gasteiger partial charge in [0.15, 0.2) is 0 Å². The van der Waals surface area contributed by atoms with Gasteiger partial charge in [-0.05, 0) is 31.2 Å². The summed E-state index contributed by atoms with van der Waals surface area (Å²) in [7, 11) is 0. The average molecular weight is 313 g/mol. The first-order chi connectivity index (χ1) is 10.2. The van der Waals surface area contributed by atoms with Crippen molar-refractivity contribution in [3.05, 3.63) is 59.5 Å². The minimum atomic E-state index is -4.63. The Kier molecular flexibility index (Phi) is 4.27. The second kappa shape index (κ2) is 5.84. The van der Waals surface area contributed by atoms with Crippen LogP contribution in [-0.4, -0.2) is 17.6 Å². The van der Waals surface area contributed by atoms with Crippen molar-refractivity contribution in [3.8, 4) is 0 Å². The highest BCUT2D eigenvalue weighted by Gasteiger charge is 2.35. The number of halogens is 3. The molecule has 4 nitrogen and oxygen atoms in total. The van der Waals surface area contributed by atoms with Crippen molar-refractivity contribution in [1.29, 1.82) is 0 Å². The van der Waals surface area contributed by atoms with Gasteiger partial charge in [0.25, 0.3) is 5.91 Å². The second-order valence-corrected chi connectivity index (χ2v) is 4.98. The number of furan rings is 1. The summed E-state index contributed by atoms with van der Waals surface area (Å²) in [4.78, 5) is 12.0. The smallest absolute Gasteiger partial charge is 0.417 e. The van der Waals surface area contributed by atoms with Crippen LogP contribution in [0.2, 0.25) is 0 Å². The predicted octanol–water partition coefficient (Wildman–Crippen LogP) is 2.94. The molecule has 0 saturated carbocycles. The van der Waals surface area contributed by atoms with Crippen molar-refractivity contribution in [2.75, 3.05) is 6.54 Å². The van der Waals surface area contributed by atoms with E-state index >= 15 is 0 Å². The van der Waals surface area contributed by atoms with Gasteiger partial charge in [-0.2, -0.15) is 13.2 Å². The minimum Gasteiger partial charge on any atom is -0.466 e. The summed E-state index contributed by atoms with van der Waals surface area (Å²) in [5.74, 6) is -0.711. The number of amides is 1. The predicted molar refractivity (Wildman–Crippen MR) is 72.1 cm³/mol. The standard InChI is InChI=1S/C15H14F3NO3/c1-14(21,12-7-4-8-22-12)9-19-13(20)10-5-2-3-6-11(10)15(16,17)18/h2-8,21H,9H2,1H3,(H,19,20). The Labute approximate surface area is 124 Å². The van der Waals surface area contributed by atoms with E-state index in [2.05, 4.69) is 5.32 Å². The van der Waals surface area contributed by atoms with Crippen molar-refractivity contribution in [2.45, 2.75) is 18.7 Å². The Morgan fingerprint density at radius 1 is 1.23 bits per heavy atom. The van der Waals surface area contributed by atoms with E-state index in [4.69, 9.17) is 4.42 Å². The van der Waals surface area contributed by atoms with E-state index in [0.29, 0.717) is 0 Å². The number of hydrogen-bond donors (Lipinski definition) is 2. The lowest BCUT2D eigenvalue weighted by Gasteiger charge is -2.21. The number of alkyl halides is 3. The van der Waals surface area contributed by atoms with Gasteiger partial charge in [-0.1, -0.05) is 12.1 Å². The molecule has 2 N–H and O–H groups in total. The van der Waals surface area contributed by atoms with Crippen LogP contribution in [0.3, 0.4) is 0 Å². The molecule has 0 spiro atoms. The van der Waals surface area contributed by atoms with E-state index in [1.54, 1.807) is 6.07 Å². The highest BCUT2D eigenvalue weighted by atomic mass is 19.4. The molecule has 2 rings (SSSR count). The zero-order valence-corrected chi connectivity index (χ0v) is 11.6. The van der Waals surface area contributed by atoms with Crippen LogP contribution in [0.25, 0.3) is 0 Å². The van der Waals surface area contributed by atoms with Gasteiger partial charge < -0.3 is 14.8 Å². The van der Waals surface area contributed by atoms with Crippen molar-refractivity contribution < 1.29 is 27.5 Å². The van der Waals surface area contributed by atoms with Gasteiger partial charge in [-0.15, -0.1) is 0 Å². The van der Waals surface area contributed by atoms with Gasteiger partial charge in [0.1, 0.15) is 11.4 Å². The van der Waals surface area contributed by atoms with Crippen LogP contribution in [0.1, 0.15) is 28.6 Å². The number of nitrogens with one attached hydrogen (secondary N) is 1. The van der Waals surface area contributed by atoms with E-state index < -0.39 is 28.8 Å². The minimum absolute atomic E-state index is 0.205. The largest absolute Gasteiger partial charge is 0.466 e. The third kappa shape index (κ3) is 3.48. The molecular weight excluding hydrogens is 299 g/mol. The topological polar surface area (TPSA) is 62.5 Å². The normalized spacial score (nSPS) is 14.4. The van der Waals surface area contributed by atoms with Gasteiger partial charge in [-0.25, -0.2) is 0 Å². The molecule has 1 unspecified atom stereocenters. The number of hydrogen-bond acceptors (Lipinski definition) is 3. The number of rotatable bonds is 4. The molecule has 0 aliphatic rings. The Balaban J connectivity index is 2.14. The summed E-state index contributed by atoms with van der Waals surface area (Å²) in [6, 6.07) is 7.53. The second-order valence-electron chi connectivity index (χ2n) is 4.98. The van der Waals surface area contributed by atoms with Gasteiger partial charge in [-0.3, -0.25) is 4.79 Å². The molecule has 1 atom stereocenters. The SMILES string of the molecule is CC(O)(CNC(=O)c1ccccc1C(F)(F)F)c1ccco1. The molecule has 1 amide bonds. The number of aliphatic hydroxyl groups is 1. The molecule has 0 bridgehead atoms. The van der Waals surface area contributed by atoms with Crippen LogP contribution in [0.4, 0.5) is 13.2 Å². The van der Waals surface area contributed by atoms with Gasteiger partial charge in [0.05, 0.1) is 23.9 Å². The van der Waals surface area contributed by atoms with Crippen LogP contribution in [0.5, 0.6) is 0 Å². The number of benzene rings is 1. The third-order valence-corrected chi connectivity index (χ3v) is 3.12. The zero-order valence-electron chi connectivity index (χ0n) is 11.6. The van der Waals surface area contributed by atoms with Crippen molar-refractivity contribution >= 4 is 5.91 Å². The fourth-order valence-corrected chi connectivity index (χ4v) is 1.95. The summed E-state index contributed by atoms with van der Waals surface area (Å²) < 4.78 is 43.6. The van der Waals surface area contributed by atoms with E-state index in [1.165, 1.54) is 31.4 Å². The zero-order chi connectivity index (χ0) is 16.4. The first-order valence-corrected chi connectivity index (χ1v) is 6.42. The highest BCUT2D eigenvalue weighted by Crippen LogP contribution is 2.31. The molecule has 1 aromatic heterocycles. The molecule has 1 aromatic carbocycles. The summed E-state index contributed by atoms with van der Waals surface area (Å²) in [6.45, 7) is 1.10. The van der Waals surface area contributed by atoms with E-state index in [-0.39, 0.29) is 12.3 Å². The average Bonchev–Trinajstić information content (AvgIpc) is 2.99. The van der Waals surface area contributed by atoms with E-state index in [1.807, 2.05) is 0 Å². The van der Waals surface area contributed by atoms with E-state index in [0.717, 1.165) is 12.1 Å². The van der Waals surface area contributed by atoms with Crippen LogP contribution in [-0.2, 0) is 11.8 Å². The lowest BCUT2D eigenvalue weighted by molar-refractivity contribution is -0.137. The molecule has 2 aromatic rings. The van der Waals surface area contributed by atoms with Crippen LogP contribution in [0, 0.1) is 0 Å². The maximum Gasteiger partial charge on any atom is 0.417 e. The quantitative estimate of drug-likeness (QED) is 0.912. The first kappa shape index (κ1) is 16.1. The van der Waals surface area contributed by atoms with Crippen molar-refractivity contribution in [1.82, 2.24) is 5.32 Å². The highest BCUT2D eigenvalue weighted by molar-refractivity contribution is 5.95. The molecule has 0 fully saturated rings. The maximum atomic E-state index is 12.9. The Morgan fingerprint density at radius 3 is 2.50 bits per heavy atom. The van der Waals surface area contributed by atoms with E-state index in [9.17, 15) is 23.1 Å². The summed E-state index contributed by atoms with van der Waals surface area (Å²) in [5.41, 5.74) is -3.04. The summed E-state index contributed by atoms with van der Waals surface area (Å²) in [5, 5.41) is 12.5. The summed E-state index contributed by atoms with van der Waals surface area (Å²) in [6.07, 6.45) is -3.28. The molecule has 0 aliphatic heterocycles. The van der Waals surface area contributed by atoms with Crippen LogP contribution >= 0.6 is 0 Å². The van der Waals surface area contributed by atoms with Gasteiger partial charge in [0.2, 0.25) is 0 Å². The lowest BCUT2D eigenvalue weighted by atomic mass is 10.0. The molecule has 118 valence electrons. The monoisotopic (exact) mass is 313 g/mol. The third-order valence-electron chi connectivity index (χ3n) is 3.12. The molecule has 7 heteroatoms. The number of carbonyl (C=O) groups excluding carboxylic acids is 1. The van der Waals surface area contributed by atoms with Crippen LogP contribution in [0.15, 0.2) is 47.1 Å². The Bertz CT molecular complexity index is 648. The molecule has 0 radical (unpaired) electrons. The van der Waals surface area contributed by atoms with Crippen molar-refractivity contribution in [3.63, 3.8) is 0 Å². The molecule has 0 aliphatic carbocycles. The molecule has 1 heterocycles. The number of carbonyl (C=O) groups is 1. The van der Waals surface area contributed by atoms with Gasteiger partial charge in [0, 0.05) is 0 Å². The summed E-state index contributed by atoms with van der Waals surface area (Å²) >= 11 is 0. The lowest BCUT2D eigenvalue weighted by Crippen LogP contribution is -2.39. The van der Waals surface area contributed by atoms with Crippen LogP contribution < -0.4 is 5.32 Å². The Hall–Kier alpha value is -2.28. The van der Waals surface area contributed by atoms with Crippen molar-refractivity contribution in [2.24, 2.45) is 0 Å².